The van der Waals surface area contributed by atoms with Crippen molar-refractivity contribution in [2.24, 2.45) is 0 Å². The van der Waals surface area contributed by atoms with Crippen LogP contribution >= 0.6 is 7.82 Å². The topological polar surface area (TPSA) is 111 Å². The van der Waals surface area contributed by atoms with Crippen molar-refractivity contribution in [2.75, 3.05) is 47.5 Å². The highest BCUT2D eigenvalue weighted by molar-refractivity contribution is 7.45. The largest absolute Gasteiger partial charge is 0.756 e. The number of quaternary nitrogens is 1. The highest BCUT2D eigenvalue weighted by Gasteiger charge is 2.22. The van der Waals surface area contributed by atoms with Crippen molar-refractivity contribution in [2.45, 2.75) is 290 Å². The fraction of sp³-hybridized carbons (Fsp3) is 0.839. The average molecular weight is 1030 g/mol. The van der Waals surface area contributed by atoms with Crippen LogP contribution < -0.4 is 4.89 Å². The Morgan fingerprint density at radius 2 is 0.736 bits per heavy atom. The zero-order valence-corrected chi connectivity index (χ0v) is 48.2. The summed E-state index contributed by atoms with van der Waals surface area (Å²) in [6, 6.07) is 0. The molecule has 9 nitrogen and oxygen atoms in total. The molecule has 0 aromatic carbocycles. The SMILES string of the molecule is CCCCCCCCCCCCCC#CC#CCCCCCCCCCC(=O)OC[C@H](COP(=O)([O-])OCC[N+](C)(C)C)OC(=O)CCCCCCCCCC#CC#CCCCCCCCCCCCCC. The van der Waals surface area contributed by atoms with Crippen LogP contribution in [0.1, 0.15) is 284 Å². The first-order chi connectivity index (χ1) is 35.0. The molecule has 0 bridgehead atoms. The third-order valence-electron chi connectivity index (χ3n) is 12.8. The second-order valence-electron chi connectivity index (χ2n) is 21.1. The van der Waals surface area contributed by atoms with Crippen LogP contribution in [0.5, 0.6) is 0 Å². The Balaban J connectivity index is 4.24. The van der Waals surface area contributed by atoms with Crippen LogP contribution in [0.4, 0.5) is 0 Å². The summed E-state index contributed by atoms with van der Waals surface area (Å²) in [7, 11) is 1.12. The Labute approximate surface area is 444 Å². The van der Waals surface area contributed by atoms with Crippen LogP contribution in [0.15, 0.2) is 0 Å². The van der Waals surface area contributed by atoms with Gasteiger partial charge in [-0.25, -0.2) is 0 Å². The maximum absolute atomic E-state index is 12.8. The van der Waals surface area contributed by atoms with Crippen molar-refractivity contribution in [3.05, 3.63) is 0 Å². The monoisotopic (exact) mass is 1030 g/mol. The normalized spacial score (nSPS) is 12.2. The highest BCUT2D eigenvalue weighted by atomic mass is 31.2. The lowest BCUT2D eigenvalue weighted by Gasteiger charge is -2.28. The van der Waals surface area contributed by atoms with Crippen molar-refractivity contribution in [3.63, 3.8) is 0 Å². The minimum atomic E-state index is -4.65. The molecule has 0 N–H and O–H groups in total. The van der Waals surface area contributed by atoms with Crippen molar-refractivity contribution < 1.29 is 42.1 Å². The van der Waals surface area contributed by atoms with Gasteiger partial charge in [0.2, 0.25) is 0 Å². The molecule has 0 aromatic heterocycles. The zero-order valence-electron chi connectivity index (χ0n) is 47.3. The summed E-state index contributed by atoms with van der Waals surface area (Å²) in [5, 5.41) is 0. The Bertz CT molecular complexity index is 1580. The molecule has 2 atom stereocenters. The number of unbranched alkanes of at least 4 members (excludes halogenated alkanes) is 36. The van der Waals surface area contributed by atoms with Crippen molar-refractivity contribution in [3.8, 4) is 47.4 Å². The molecule has 0 saturated carbocycles. The molecule has 0 aromatic rings. The number of carbonyl (C=O) groups is 2. The third-order valence-corrected chi connectivity index (χ3v) is 13.8. The van der Waals surface area contributed by atoms with Gasteiger partial charge in [-0.3, -0.25) is 14.2 Å². The lowest BCUT2D eigenvalue weighted by molar-refractivity contribution is -0.870. The van der Waals surface area contributed by atoms with E-state index in [0.717, 1.165) is 103 Å². The molecular formula is C62H108NO8P. The molecular weight excluding hydrogens is 918 g/mol. The minimum Gasteiger partial charge on any atom is -0.756 e. The molecule has 72 heavy (non-hydrogen) atoms. The number of esters is 2. The summed E-state index contributed by atoms with van der Waals surface area (Å²) in [5.41, 5.74) is 0. The fourth-order valence-electron chi connectivity index (χ4n) is 8.17. The zero-order chi connectivity index (χ0) is 52.7. The molecule has 0 heterocycles. The molecule has 0 aliphatic heterocycles. The van der Waals surface area contributed by atoms with Crippen molar-refractivity contribution >= 4 is 19.8 Å². The first-order valence-corrected chi connectivity index (χ1v) is 31.1. The lowest BCUT2D eigenvalue weighted by Crippen LogP contribution is -2.37. The van der Waals surface area contributed by atoms with Crippen LogP contribution in [0, 0.1) is 47.4 Å². The van der Waals surface area contributed by atoms with E-state index in [1.165, 1.54) is 141 Å². The number of rotatable bonds is 50. The van der Waals surface area contributed by atoms with Gasteiger partial charge in [-0.2, -0.15) is 0 Å². The summed E-state index contributed by atoms with van der Waals surface area (Å²) in [6.07, 6.45) is 46.7. The van der Waals surface area contributed by atoms with Crippen LogP contribution in [0.2, 0.25) is 0 Å². The van der Waals surface area contributed by atoms with E-state index in [9.17, 15) is 19.0 Å². The van der Waals surface area contributed by atoms with Gasteiger partial charge in [0.15, 0.2) is 6.10 Å². The maximum Gasteiger partial charge on any atom is 0.306 e. The van der Waals surface area contributed by atoms with E-state index >= 15 is 0 Å². The predicted octanol–water partition coefficient (Wildman–Crippen LogP) is 16.1. The van der Waals surface area contributed by atoms with E-state index in [4.69, 9.17) is 18.5 Å². The van der Waals surface area contributed by atoms with Crippen LogP contribution in [0.25, 0.3) is 0 Å². The first-order valence-electron chi connectivity index (χ1n) is 29.7. The van der Waals surface area contributed by atoms with Gasteiger partial charge < -0.3 is 27.9 Å². The summed E-state index contributed by atoms with van der Waals surface area (Å²) in [4.78, 5) is 37.9. The lowest BCUT2D eigenvalue weighted by atomic mass is 10.1. The molecule has 0 spiro atoms. The van der Waals surface area contributed by atoms with Crippen LogP contribution in [0.3, 0.4) is 0 Å². The standard InChI is InChI=1S/C62H108NO8P/c1-6-8-10-12-14-16-18-20-22-24-26-28-30-32-34-36-38-40-42-44-46-48-50-52-54-61(64)68-58-60(59-70-72(66,67)69-57-56-63(3,4)5)71-62(65)55-53-51-49-47-45-43-41-39-37-35-33-31-29-27-25-23-21-19-17-15-13-11-9-7-2/h60H,6-29,38-59H2,1-5H3/t60-/m1/s1. The first kappa shape index (κ1) is 69.2. The van der Waals surface area contributed by atoms with Gasteiger partial charge in [0, 0.05) is 38.5 Å². The molecule has 0 fully saturated rings. The Hall–Kier alpha value is -2.75. The molecule has 0 aliphatic carbocycles. The minimum absolute atomic E-state index is 0.0452. The van der Waals surface area contributed by atoms with E-state index in [-0.39, 0.29) is 26.1 Å². The number of hydrogen-bond donors (Lipinski definition) is 0. The van der Waals surface area contributed by atoms with E-state index in [1.807, 2.05) is 21.1 Å². The van der Waals surface area contributed by atoms with Crippen molar-refractivity contribution in [1.82, 2.24) is 0 Å². The molecule has 0 aliphatic rings. The Morgan fingerprint density at radius 1 is 0.431 bits per heavy atom. The van der Waals surface area contributed by atoms with Crippen molar-refractivity contribution in [1.29, 1.82) is 0 Å². The second kappa shape index (κ2) is 53.1. The molecule has 0 amide bonds. The van der Waals surface area contributed by atoms with Gasteiger partial charge in [-0.05, 0) is 62.2 Å². The van der Waals surface area contributed by atoms with Gasteiger partial charge in [0.1, 0.15) is 19.8 Å². The quantitative estimate of drug-likeness (QED) is 0.0195. The van der Waals surface area contributed by atoms with Gasteiger partial charge in [-0.15, -0.1) is 0 Å². The summed E-state index contributed by atoms with van der Waals surface area (Å²) < 4.78 is 34.1. The van der Waals surface area contributed by atoms with E-state index in [1.54, 1.807) is 0 Å². The molecule has 0 saturated heterocycles. The number of phosphoric acid groups is 1. The molecule has 10 heteroatoms. The summed E-state index contributed by atoms with van der Waals surface area (Å²) >= 11 is 0. The van der Waals surface area contributed by atoms with Crippen LogP contribution in [-0.4, -0.2) is 70.0 Å². The maximum atomic E-state index is 12.8. The number of nitrogens with zero attached hydrogens (tertiary/aromatic N) is 1. The van der Waals surface area contributed by atoms with Gasteiger partial charge >= 0.3 is 11.9 Å². The smallest absolute Gasteiger partial charge is 0.306 e. The third kappa shape index (κ3) is 56.5. The number of ether oxygens (including phenoxy) is 2. The summed E-state index contributed by atoms with van der Waals surface area (Å²) in [6.45, 7) is 4.18. The van der Waals surface area contributed by atoms with Gasteiger partial charge in [0.05, 0.1) is 27.7 Å². The number of carbonyl (C=O) groups excluding carboxylic acids is 2. The summed E-state index contributed by atoms with van der Waals surface area (Å²) in [5.74, 6) is 24.0. The average Bonchev–Trinajstić information content (AvgIpc) is 3.34. The molecule has 0 rings (SSSR count). The fourth-order valence-corrected chi connectivity index (χ4v) is 8.90. The Kier molecular flexibility index (Phi) is 51.1. The Morgan fingerprint density at radius 3 is 1.07 bits per heavy atom. The molecule has 414 valence electrons. The van der Waals surface area contributed by atoms with Crippen LogP contribution in [-0.2, 0) is 32.7 Å². The number of phosphoric ester groups is 1. The molecule has 1 unspecified atom stereocenters. The van der Waals surface area contributed by atoms with Gasteiger partial charge in [0.25, 0.3) is 7.82 Å². The van der Waals surface area contributed by atoms with E-state index in [0.29, 0.717) is 23.9 Å². The van der Waals surface area contributed by atoms with E-state index in [2.05, 4.69) is 61.2 Å². The van der Waals surface area contributed by atoms with Gasteiger partial charge in [-0.1, -0.05) is 230 Å². The second-order valence-corrected chi connectivity index (χ2v) is 22.5. The van der Waals surface area contributed by atoms with E-state index < -0.39 is 32.5 Å². The molecule has 0 radical (unpaired) electrons. The number of hydrogen-bond acceptors (Lipinski definition) is 8. The predicted molar refractivity (Wildman–Crippen MR) is 300 cm³/mol. The number of likely N-dealkylation sites (N-methyl/N-ethyl adjacent to an activating group) is 1. The highest BCUT2D eigenvalue weighted by Crippen LogP contribution is 2.38.